The standard InChI is InChI=1S/C33H41ClN8O10.C23H25ClN8O6.C20H19ClN8O7.CH4.Li.H2O/c1-9-48-27(45)33(18(2)43,15-19-13-11-10-12-14-19)49-16-20-21(39-40-35)23(44)26(50-20)41-17-36-22-24(41)37-28(34)38-25(22)42(29(46)51-31(3,4)5)30(47)52-32(6,7)8;1-3-36-21(35)23(12(2)33,9-13-7-5-4-6-8-13)37-10-14-15(30-31-26)17(34)20(38-14)32-11-27-16-18(25)28-22(24)29-19(16)32;21-19-25-14(22)12-15(26-19)29(8-24-12)16-13(30)11(27-28-23)10(36-16)7-35-20(17(31)32,18(33)34)6-9-4-2-1-3-5-9;;;/h10-14,17,20-21,23,26,44H,9,15-16H2,1-8H3;4-8,11,14-15,17,20,34H,3,9-10H2,1-2H3,(H2,25,28,29);1-5,8,10-11,13,16,30H,6-7H2,(H,31,32)(H,33,34)(H2,22,25,26);1H4;;1H2/q;;;;+1;/p-1/t20-,21+,23-,26-,33?;14-,15+,17-,20-,23?;10-,11+,13-,16-;;;/m111.../s1. The van der Waals surface area contributed by atoms with Crippen LogP contribution in [0.1, 0.15) is 112 Å². The van der Waals surface area contributed by atoms with Crippen LogP contribution < -0.4 is 35.2 Å². The van der Waals surface area contributed by atoms with Crippen molar-refractivity contribution in [3.05, 3.63) is 174 Å². The van der Waals surface area contributed by atoms with Gasteiger partial charge in [0.15, 0.2) is 70.2 Å². The monoisotopic (exact) mass is 1850 g/mol. The van der Waals surface area contributed by atoms with E-state index in [9.17, 15) is 69.4 Å². The van der Waals surface area contributed by atoms with Crippen LogP contribution in [0.25, 0.3) is 64.8 Å². The second-order valence-electron chi connectivity index (χ2n) is 30.2. The first-order valence-electron chi connectivity index (χ1n) is 38.2. The predicted molar refractivity (Wildman–Crippen MR) is 448 cm³/mol. The minimum absolute atomic E-state index is 0. The van der Waals surface area contributed by atoms with Gasteiger partial charge in [-0.1, -0.05) is 114 Å². The molecule has 3 aliphatic rings. The number of aliphatic hydroxyl groups is 3. The minimum Gasteiger partial charge on any atom is -0.870 e. The van der Waals surface area contributed by atoms with Crippen molar-refractivity contribution in [2.45, 2.75) is 197 Å². The van der Waals surface area contributed by atoms with E-state index in [1.54, 1.807) is 146 Å². The number of amides is 2. The van der Waals surface area contributed by atoms with Crippen molar-refractivity contribution in [3.8, 4) is 0 Å². The van der Waals surface area contributed by atoms with Crippen molar-refractivity contribution in [2.24, 2.45) is 15.3 Å². The van der Waals surface area contributed by atoms with E-state index in [2.05, 4.69) is 74.9 Å². The number of carboxylic acid groups (broad SMARTS) is 2. The zero-order valence-corrected chi connectivity index (χ0v) is 72.4. The fourth-order valence-corrected chi connectivity index (χ4v) is 14.0. The number of Topliss-reactive ketones (excluding diaryl/α,β-unsaturated/α-hetero) is 2. The number of benzene rings is 3. The normalized spacial score (nSPS) is 20.8. The molecule has 3 saturated heterocycles. The number of nitrogen functional groups attached to an aromatic ring is 2. The summed E-state index contributed by atoms with van der Waals surface area (Å²) >= 11 is 18.1. The number of carboxylic acids is 2. The zero-order chi connectivity index (χ0) is 92.1. The summed E-state index contributed by atoms with van der Waals surface area (Å²) in [6.07, 6.45) is -11.0. The number of imide groups is 1. The number of carbonyl (C=O) groups is 8. The van der Waals surface area contributed by atoms with E-state index in [0.29, 0.717) is 21.6 Å². The van der Waals surface area contributed by atoms with Gasteiger partial charge in [-0.25, -0.2) is 43.7 Å². The van der Waals surface area contributed by atoms with E-state index in [0.717, 1.165) is 0 Å². The third-order valence-corrected chi connectivity index (χ3v) is 19.9. The number of rotatable bonds is 30. The molecule has 52 heteroatoms. The number of halogens is 3. The molecule has 48 nitrogen and oxygen atoms in total. The number of hydrogen-bond acceptors (Lipinski definition) is 36. The zero-order valence-electron chi connectivity index (χ0n) is 70.1. The van der Waals surface area contributed by atoms with Gasteiger partial charge in [0.05, 0.1) is 88.5 Å². The fourth-order valence-electron chi connectivity index (χ4n) is 13.5. The van der Waals surface area contributed by atoms with Crippen LogP contribution in [0.15, 0.2) is 125 Å². The third-order valence-electron chi connectivity index (χ3n) is 19.4. The van der Waals surface area contributed by atoms with Gasteiger partial charge in [0.1, 0.15) is 40.5 Å². The maximum absolute atomic E-state index is 13.4. The Labute approximate surface area is 759 Å². The quantitative estimate of drug-likeness (QED) is 0.00395. The van der Waals surface area contributed by atoms with Crippen molar-refractivity contribution in [3.63, 3.8) is 0 Å². The average molecular weight is 1850 g/mol. The number of ketones is 2. The van der Waals surface area contributed by atoms with E-state index in [1.807, 2.05) is 0 Å². The summed E-state index contributed by atoms with van der Waals surface area (Å²) < 4.78 is 60.7. The molecule has 0 spiro atoms. The molecular formula is C77H90Cl3LiN24O24. The molecule has 129 heavy (non-hydrogen) atoms. The second-order valence-corrected chi connectivity index (χ2v) is 31.2. The maximum atomic E-state index is 13.4. The Balaban J connectivity index is 0.000000267. The van der Waals surface area contributed by atoms with Gasteiger partial charge >= 0.3 is 54.9 Å². The van der Waals surface area contributed by atoms with Crippen LogP contribution in [-0.2, 0) is 95.4 Å². The molecule has 12 rings (SSSR count). The minimum atomic E-state index is -2.68. The predicted octanol–water partition coefficient (Wildman–Crippen LogP) is 6.02. The number of nitrogens with zero attached hydrogens (tertiary/aromatic N) is 22. The van der Waals surface area contributed by atoms with Gasteiger partial charge in [-0.15, -0.1) is 0 Å². The number of aromatic nitrogens is 12. The van der Waals surface area contributed by atoms with Crippen LogP contribution in [0.3, 0.4) is 0 Å². The van der Waals surface area contributed by atoms with Gasteiger partial charge in [-0.2, -0.15) is 34.8 Å². The van der Waals surface area contributed by atoms with E-state index in [-0.39, 0.29) is 114 Å². The molecule has 3 aliphatic heterocycles. The van der Waals surface area contributed by atoms with Crippen molar-refractivity contribution >= 4 is 133 Å². The molecule has 10 N–H and O–H groups in total. The summed E-state index contributed by atoms with van der Waals surface area (Å²) in [6.45, 7) is 13.7. The van der Waals surface area contributed by atoms with Gasteiger partial charge in [-0.3, -0.25) is 23.3 Å². The summed E-state index contributed by atoms with van der Waals surface area (Å²) in [5.74, 6) is -6.89. The first kappa shape index (κ1) is 104. The van der Waals surface area contributed by atoms with Crippen LogP contribution in [-0.4, -0.2) is 253 Å². The van der Waals surface area contributed by atoms with Crippen molar-refractivity contribution < 1.29 is 136 Å². The van der Waals surface area contributed by atoms with Crippen LogP contribution in [0, 0.1) is 0 Å². The van der Waals surface area contributed by atoms with Crippen molar-refractivity contribution in [1.82, 2.24) is 58.6 Å². The van der Waals surface area contributed by atoms with E-state index >= 15 is 0 Å². The first-order valence-corrected chi connectivity index (χ1v) is 39.3. The first-order chi connectivity index (χ1) is 59.7. The molecule has 9 heterocycles. The average Bonchev–Trinajstić information content (AvgIpc) is 1.60. The molecular weight excluding hydrogens is 1760 g/mol. The van der Waals surface area contributed by atoms with Crippen molar-refractivity contribution in [2.75, 3.05) is 49.4 Å². The van der Waals surface area contributed by atoms with Gasteiger partial charge < -0.3 is 89.8 Å². The van der Waals surface area contributed by atoms with Gasteiger partial charge in [-0.05, 0) is 137 Å². The fraction of sp³-hybridized carbons (Fsp3) is 0.468. The number of azide groups is 3. The molecule has 3 aromatic carbocycles. The Hall–Kier alpha value is -12.1. The second kappa shape index (κ2) is 44.3. The van der Waals surface area contributed by atoms with E-state index in [1.165, 1.54) is 46.5 Å². The van der Waals surface area contributed by atoms with Crippen LogP contribution >= 0.6 is 34.8 Å². The van der Waals surface area contributed by atoms with Crippen LogP contribution in [0.4, 0.5) is 27.0 Å². The maximum Gasteiger partial charge on any atom is 1.00 e. The van der Waals surface area contributed by atoms with Gasteiger partial charge in [0.2, 0.25) is 27.1 Å². The Morgan fingerprint density at radius 2 is 0.775 bits per heavy atom. The summed E-state index contributed by atoms with van der Waals surface area (Å²) in [7, 11) is 0. The molecule has 0 bridgehead atoms. The molecule has 2 amide bonds. The number of nitrogens with two attached hydrogens (primary N) is 2. The van der Waals surface area contributed by atoms with Crippen molar-refractivity contribution in [1.29, 1.82) is 0 Å². The number of imidazole rings is 3. The number of anilines is 3. The number of hydrogen-bond donors (Lipinski definition) is 7. The Morgan fingerprint density at radius 1 is 0.488 bits per heavy atom. The molecule has 6 aromatic heterocycles. The number of fused-ring (bicyclic) bond motifs is 3. The number of aliphatic carboxylic acids is 2. The molecule has 0 aliphatic carbocycles. The topological polar surface area (TPSA) is 692 Å². The SMILES string of the molecule is C.CCOC(=O)C(Cc1ccccc1)(OC[C@H]1O[C@@H](n2cnc3c(N(C(=O)OC(C)(C)C)C(=O)OC(C)(C)C)nc(Cl)nc32)[C@H](O)[C@H]1N=[N+]=[N-])C(C)=O.CCOC(=O)C(Cc1ccccc1)(OC[C@H]1O[C@@H](n2cnc3c(N)nc(Cl)nc32)[C@H](O)[C@H]1N=[N+]=[N-])C(C)=O.[Li+].[N-]=[N+]=N[C@@H]1[C@@H](O)[C@H](n2cnc3c(N)nc(Cl)nc32)O[C@@H]1COC(Cc1ccccc1)(C(=O)O)C(=O)O.[OH-]. The molecule has 684 valence electrons. The van der Waals surface area contributed by atoms with E-state index in [4.69, 9.17) is 105 Å². The third kappa shape index (κ3) is 23.5. The largest absolute Gasteiger partial charge is 1.00 e. The number of ether oxygens (including phenoxy) is 10. The number of aliphatic hydroxyl groups excluding tert-OH is 3. The Kier molecular flexibility index (Phi) is 35.7. The smallest absolute Gasteiger partial charge is 0.870 e. The molecule has 9 aromatic rings. The summed E-state index contributed by atoms with van der Waals surface area (Å²) in [6, 6.07) is 21.8. The van der Waals surface area contributed by atoms with Crippen LogP contribution in [0.2, 0.25) is 15.9 Å². The molecule has 2 unspecified atom stereocenters. The molecule has 14 atom stereocenters. The molecule has 0 saturated carbocycles. The summed E-state index contributed by atoms with van der Waals surface area (Å²) in [4.78, 5) is 149. The van der Waals surface area contributed by atoms with E-state index < -0.39 is 186 Å². The summed E-state index contributed by atoms with van der Waals surface area (Å²) in [5, 5.41) is 63.1. The summed E-state index contributed by atoms with van der Waals surface area (Å²) in [5.41, 5.74) is 32.5. The van der Waals surface area contributed by atoms with Gasteiger partial charge in [0, 0.05) is 34.0 Å². The number of carbonyl (C=O) groups excluding carboxylic acids is 6. The van der Waals surface area contributed by atoms with Gasteiger partial charge in [0.25, 0.3) is 5.60 Å². The Morgan fingerprint density at radius 3 is 1.06 bits per heavy atom. The molecule has 3 fully saturated rings. The van der Waals surface area contributed by atoms with Crippen LogP contribution in [0.5, 0.6) is 0 Å². The number of esters is 2. The molecule has 0 radical (unpaired) electrons. The Bertz CT molecular complexity index is 5630.